The number of rotatable bonds is 3. The molecule has 35 heavy (non-hydrogen) atoms. The summed E-state index contributed by atoms with van der Waals surface area (Å²) in [6.45, 7) is -0.227. The second-order valence-electron chi connectivity index (χ2n) is 9.39. The third-order valence-corrected chi connectivity index (χ3v) is 7.50. The molecule has 3 amide bonds. The molecule has 0 spiro atoms. The van der Waals surface area contributed by atoms with Gasteiger partial charge in [-0.25, -0.2) is 0 Å². The first-order chi connectivity index (χ1) is 16.5. The molecule has 1 aromatic carbocycles. The molecule has 0 aromatic heterocycles. The summed E-state index contributed by atoms with van der Waals surface area (Å²) in [6.07, 6.45) is 0.0669. The van der Waals surface area contributed by atoms with E-state index in [2.05, 4.69) is 0 Å². The van der Waals surface area contributed by atoms with Gasteiger partial charge in [-0.15, -0.1) is 0 Å². The molecule has 6 N–H and O–H groups in total. The number of carbonyl (C=O) groups excluding carboxylic acids is 5. The van der Waals surface area contributed by atoms with Crippen molar-refractivity contribution in [1.82, 2.24) is 4.90 Å². The van der Waals surface area contributed by atoms with Gasteiger partial charge >= 0.3 is 0 Å². The van der Waals surface area contributed by atoms with E-state index in [-0.39, 0.29) is 55.3 Å². The lowest BCUT2D eigenvalue weighted by atomic mass is 9.60. The Morgan fingerprint density at radius 3 is 2.34 bits per heavy atom. The summed E-state index contributed by atoms with van der Waals surface area (Å²) >= 11 is 0. The Kier molecular flexibility index (Phi) is 4.89. The number of imide groups is 1. The van der Waals surface area contributed by atoms with Crippen LogP contribution in [0.3, 0.4) is 0 Å². The molecule has 2 unspecified atom stereocenters. The molecule has 1 saturated heterocycles. The van der Waals surface area contributed by atoms with Crippen molar-refractivity contribution in [1.29, 1.82) is 0 Å². The molecular weight excluding hydrogens is 460 g/mol. The standard InChI is InChI=1S/C24H22N2O9/c25-23(34)18-13(27)7-12-6-11-5-9-1-2-10(8-26-14(28)3-4-15(26)29)19(30)16(9)20(31)17(11)21(32)24(12,35)22(18)33/h1-2,11-12,27,30,32,35H,3-8H2,(H2,25,34)/t11?,12?,24-/m0/s1. The van der Waals surface area contributed by atoms with E-state index < -0.39 is 69.6 Å². The van der Waals surface area contributed by atoms with E-state index in [0.717, 1.165) is 4.90 Å². The number of hydrogen-bond acceptors (Lipinski definition) is 9. The number of nitrogens with zero attached hydrogens (tertiary/aromatic N) is 1. The molecule has 1 aliphatic heterocycles. The predicted molar refractivity (Wildman–Crippen MR) is 116 cm³/mol. The van der Waals surface area contributed by atoms with Crippen LogP contribution in [0.4, 0.5) is 0 Å². The van der Waals surface area contributed by atoms with Crippen molar-refractivity contribution in [3.63, 3.8) is 0 Å². The quantitative estimate of drug-likeness (QED) is 0.296. The first-order valence-corrected chi connectivity index (χ1v) is 11.1. The third-order valence-electron chi connectivity index (χ3n) is 7.50. The van der Waals surface area contributed by atoms with Gasteiger partial charge in [0.2, 0.25) is 17.6 Å². The monoisotopic (exact) mass is 482 g/mol. The van der Waals surface area contributed by atoms with Gasteiger partial charge in [0, 0.05) is 36.3 Å². The van der Waals surface area contributed by atoms with Crippen LogP contribution in [0.15, 0.2) is 34.8 Å². The number of nitrogens with two attached hydrogens (primary N) is 1. The summed E-state index contributed by atoms with van der Waals surface area (Å²) in [7, 11) is 0. The minimum atomic E-state index is -2.63. The zero-order valence-corrected chi connectivity index (χ0v) is 18.4. The summed E-state index contributed by atoms with van der Waals surface area (Å²) in [5.74, 6) is -7.75. The van der Waals surface area contributed by atoms with Gasteiger partial charge in [0.15, 0.2) is 11.4 Å². The van der Waals surface area contributed by atoms with Gasteiger partial charge < -0.3 is 26.2 Å². The number of ketones is 2. The summed E-state index contributed by atoms with van der Waals surface area (Å²) in [5, 5.41) is 43.3. The van der Waals surface area contributed by atoms with Crippen LogP contribution in [0, 0.1) is 11.8 Å². The lowest BCUT2D eigenvalue weighted by Crippen LogP contribution is -2.57. The number of primary amides is 1. The van der Waals surface area contributed by atoms with E-state index in [9.17, 15) is 44.4 Å². The molecule has 0 radical (unpaired) electrons. The zero-order chi connectivity index (χ0) is 25.4. The van der Waals surface area contributed by atoms with Crippen LogP contribution in [-0.2, 0) is 32.1 Å². The second-order valence-corrected chi connectivity index (χ2v) is 9.39. The molecule has 11 nitrogen and oxygen atoms in total. The molecule has 3 atom stereocenters. The highest BCUT2D eigenvalue weighted by atomic mass is 16.3. The van der Waals surface area contributed by atoms with Gasteiger partial charge in [-0.05, 0) is 24.3 Å². The van der Waals surface area contributed by atoms with Gasteiger partial charge in [-0.2, -0.15) is 0 Å². The molecule has 0 bridgehead atoms. The smallest absolute Gasteiger partial charge is 0.255 e. The Hall–Kier alpha value is -3.99. The number of aliphatic hydroxyl groups excluding tert-OH is 2. The van der Waals surface area contributed by atoms with Crippen molar-refractivity contribution in [2.24, 2.45) is 17.6 Å². The van der Waals surface area contributed by atoms with Gasteiger partial charge in [0.05, 0.1) is 12.1 Å². The van der Waals surface area contributed by atoms with Crippen LogP contribution >= 0.6 is 0 Å². The number of phenolic OH excluding ortho intramolecular Hbond substituents is 1. The van der Waals surface area contributed by atoms with Crippen LogP contribution in [0.1, 0.15) is 47.2 Å². The van der Waals surface area contributed by atoms with Crippen LogP contribution < -0.4 is 5.73 Å². The highest BCUT2D eigenvalue weighted by Crippen LogP contribution is 2.51. The predicted octanol–water partition coefficient (Wildman–Crippen LogP) is 0.230. The first kappa shape index (κ1) is 22.8. The van der Waals surface area contributed by atoms with Crippen LogP contribution in [0.5, 0.6) is 5.75 Å². The average molecular weight is 482 g/mol. The Morgan fingerprint density at radius 1 is 1.06 bits per heavy atom. The number of allylic oxidation sites excluding steroid dienone is 2. The molecule has 0 saturated carbocycles. The lowest BCUT2D eigenvalue weighted by molar-refractivity contribution is -0.144. The fourth-order valence-electron chi connectivity index (χ4n) is 5.73. The van der Waals surface area contributed by atoms with E-state index in [1.807, 2.05) is 0 Å². The van der Waals surface area contributed by atoms with E-state index in [4.69, 9.17) is 5.73 Å². The van der Waals surface area contributed by atoms with Crippen molar-refractivity contribution < 1.29 is 44.4 Å². The number of benzene rings is 1. The maximum Gasteiger partial charge on any atom is 0.255 e. The average Bonchev–Trinajstić information content (AvgIpc) is 3.09. The van der Waals surface area contributed by atoms with Crippen molar-refractivity contribution in [2.75, 3.05) is 0 Å². The first-order valence-electron chi connectivity index (χ1n) is 11.1. The summed E-state index contributed by atoms with van der Waals surface area (Å²) in [6, 6.07) is 3.11. The van der Waals surface area contributed by atoms with Crippen molar-refractivity contribution >= 4 is 29.3 Å². The molecule has 3 aliphatic carbocycles. The lowest BCUT2D eigenvalue weighted by Gasteiger charge is -2.45. The van der Waals surface area contributed by atoms with E-state index in [1.54, 1.807) is 6.07 Å². The highest BCUT2D eigenvalue weighted by molar-refractivity contribution is 6.24. The molecule has 5 rings (SSSR count). The topological polar surface area (TPSA) is 196 Å². The third kappa shape index (κ3) is 3.04. The fraction of sp³-hybridized carbons (Fsp3) is 0.375. The van der Waals surface area contributed by atoms with Gasteiger partial charge in [0.1, 0.15) is 22.8 Å². The van der Waals surface area contributed by atoms with Gasteiger partial charge in [-0.1, -0.05) is 12.1 Å². The number of phenols is 1. The van der Waals surface area contributed by atoms with E-state index in [1.165, 1.54) is 6.07 Å². The van der Waals surface area contributed by atoms with E-state index >= 15 is 0 Å². The summed E-state index contributed by atoms with van der Waals surface area (Å²) < 4.78 is 0. The number of amides is 3. The Balaban J connectivity index is 1.58. The van der Waals surface area contributed by atoms with Crippen LogP contribution in [0.25, 0.3) is 0 Å². The summed E-state index contributed by atoms with van der Waals surface area (Å²) in [5.41, 5.74) is 1.92. The second kappa shape index (κ2) is 7.51. The Morgan fingerprint density at radius 2 is 1.71 bits per heavy atom. The van der Waals surface area contributed by atoms with Gasteiger partial charge in [0.25, 0.3) is 5.91 Å². The van der Waals surface area contributed by atoms with E-state index in [0.29, 0.717) is 5.56 Å². The molecule has 1 fully saturated rings. The van der Waals surface area contributed by atoms with Crippen LogP contribution in [-0.4, -0.2) is 60.2 Å². The number of likely N-dealkylation sites (tertiary alicyclic amines) is 1. The highest BCUT2D eigenvalue weighted by Gasteiger charge is 2.59. The minimum absolute atomic E-state index is 0.0439. The largest absolute Gasteiger partial charge is 0.511 e. The van der Waals surface area contributed by atoms with Crippen molar-refractivity contribution in [3.05, 3.63) is 51.5 Å². The number of aromatic hydroxyl groups is 1. The number of hydrogen-bond donors (Lipinski definition) is 5. The minimum Gasteiger partial charge on any atom is -0.511 e. The van der Waals surface area contributed by atoms with Crippen molar-refractivity contribution in [3.8, 4) is 5.75 Å². The molecule has 182 valence electrons. The molecule has 1 heterocycles. The van der Waals surface area contributed by atoms with Crippen LogP contribution in [0.2, 0.25) is 0 Å². The maximum atomic E-state index is 13.5. The SMILES string of the molecule is NC(=O)C1=C(O)CC2CC3Cc4ccc(CN5C(=O)CCC5=O)c(O)c4C(=O)C3=C(O)[C@]2(O)C1=O. The Labute approximate surface area is 198 Å². The number of carbonyl (C=O) groups is 5. The molecule has 4 aliphatic rings. The number of Topliss-reactive ketones (excluding diaryl/α,β-unsaturated/α-hetero) is 2. The molecule has 11 heteroatoms. The fourth-order valence-corrected chi connectivity index (χ4v) is 5.73. The normalized spacial score (nSPS) is 28.3. The maximum absolute atomic E-state index is 13.5. The summed E-state index contributed by atoms with van der Waals surface area (Å²) in [4.78, 5) is 63.1. The number of fused-ring (bicyclic) bond motifs is 3. The zero-order valence-electron chi connectivity index (χ0n) is 18.4. The molecular formula is C24H22N2O9. The molecule has 1 aromatic rings. The van der Waals surface area contributed by atoms with Crippen molar-refractivity contribution in [2.45, 2.75) is 44.2 Å². The van der Waals surface area contributed by atoms with Gasteiger partial charge in [-0.3, -0.25) is 28.9 Å². The number of aliphatic hydroxyl groups is 3. The Bertz CT molecular complexity index is 1310.